The minimum absolute atomic E-state index is 0.0147. The molecule has 0 amide bonds. The van der Waals surface area contributed by atoms with Gasteiger partial charge in [0.05, 0.1) is 46.1 Å². The first-order chi connectivity index (χ1) is 40.4. The van der Waals surface area contributed by atoms with E-state index in [1.807, 2.05) is 0 Å². The van der Waals surface area contributed by atoms with E-state index in [0.29, 0.717) is 38.5 Å². The topological polar surface area (TPSA) is 311 Å². The zero-order chi connectivity index (χ0) is 68.9. The molecule has 0 radical (unpaired) electrons. The fourth-order valence-electron chi connectivity index (χ4n) is 9.75. The van der Waals surface area contributed by atoms with E-state index >= 15 is 0 Å². The van der Waals surface area contributed by atoms with Crippen LogP contribution in [0.15, 0.2) is 0 Å². The highest BCUT2D eigenvalue weighted by molar-refractivity contribution is 5.74. The number of hydrogen-bond donors (Lipinski definition) is 12. The van der Waals surface area contributed by atoms with Gasteiger partial charge in [-0.05, 0) is 180 Å². The molecule has 0 spiro atoms. The summed E-state index contributed by atoms with van der Waals surface area (Å²) < 4.78 is 0. The van der Waals surface area contributed by atoms with Crippen molar-refractivity contribution in [1.82, 2.24) is 0 Å². The van der Waals surface area contributed by atoms with Crippen molar-refractivity contribution in [3.05, 3.63) is 0 Å². The Morgan fingerprint density at radius 2 is 0.352 bits per heavy atom. The summed E-state index contributed by atoms with van der Waals surface area (Å²) >= 11 is 0. The van der Waals surface area contributed by atoms with E-state index in [-0.39, 0.29) is 72.5 Å². The van der Waals surface area contributed by atoms with Gasteiger partial charge in [-0.25, -0.2) is 0 Å². The Morgan fingerprint density at radius 1 is 0.227 bits per heavy atom. The fraction of sp³-hybridized carbons (Fsp3) is 0.944. The maximum absolute atomic E-state index is 11.0. The van der Waals surface area contributed by atoms with Gasteiger partial charge in [0.25, 0.3) is 0 Å². The highest BCUT2D eigenvalue weighted by Crippen LogP contribution is 2.31. The largest absolute Gasteiger partial charge is 0.481 e. The summed E-state index contributed by atoms with van der Waals surface area (Å²) in [7, 11) is 0. The summed E-state index contributed by atoms with van der Waals surface area (Å²) in [4.78, 5) is 43.9. The summed E-state index contributed by atoms with van der Waals surface area (Å²) in [6, 6.07) is 0. The quantitative estimate of drug-likeness (QED) is 0.0252. The third kappa shape index (κ3) is 55.2. The Hall–Kier alpha value is -2.44. The van der Waals surface area contributed by atoms with Crippen molar-refractivity contribution >= 4 is 23.9 Å². The van der Waals surface area contributed by atoms with Gasteiger partial charge in [-0.2, -0.15) is 0 Å². The van der Waals surface area contributed by atoms with E-state index in [9.17, 15) is 49.8 Å². The highest BCUT2D eigenvalue weighted by atomic mass is 16.4. The molecule has 0 aliphatic rings. The SMILES string of the molecule is CC(C)(CCCCC(O)CCCCC(C)(C)C(=O)O)C(=O)O.CC(C)(CCCCCC(O)CCCCCC(C)(C)C(=O)O)C(=O)O.CC(C)(CO)CCCCC(O)CCCCC(C)(C)CO.CC(C)(CO)CCCCCC(O)CCCCCC(C)(C)CO. The lowest BCUT2D eigenvalue weighted by Crippen LogP contribution is -2.23. The molecular formula is C72H144O16. The molecule has 0 aromatic carbocycles. The molecule has 528 valence electrons. The van der Waals surface area contributed by atoms with Crippen LogP contribution in [0.3, 0.4) is 0 Å². The van der Waals surface area contributed by atoms with Crippen LogP contribution >= 0.6 is 0 Å². The third-order valence-electron chi connectivity index (χ3n) is 17.9. The number of rotatable bonds is 52. The normalized spacial score (nSPS) is 12.9. The Bertz CT molecular complexity index is 1620. The summed E-state index contributed by atoms with van der Waals surface area (Å²) in [5.74, 6) is -3.08. The van der Waals surface area contributed by atoms with Gasteiger partial charge in [-0.3, -0.25) is 19.2 Å². The Kier molecular flexibility index (Phi) is 51.4. The van der Waals surface area contributed by atoms with Crippen LogP contribution in [0.5, 0.6) is 0 Å². The molecule has 0 saturated heterocycles. The monoisotopic (exact) mass is 1270 g/mol. The third-order valence-corrected chi connectivity index (χ3v) is 17.9. The standard InChI is InChI=1S/C19H36O5.C19H40O3.C17H32O5.C17H36O3/c1-18(2,16(21)22)13-9-5-7-11-15(20)12-8-6-10-14-19(3,4)17(23)24;1-18(2,15-20)13-9-5-7-11-17(22)12-8-6-10-14-19(3,4)16-21;1-16(2,14(19)20)11-7-5-9-13(18)10-6-8-12-17(3,4)15(21)22;1-16(2,13-18)11-7-5-9-15(20)10-6-8-12-17(3,4)14-19/h15,20H,5-14H2,1-4H3,(H,21,22)(H,23,24);17,20-22H,5-16H2,1-4H3;13,18H,5-12H2,1-4H3,(H,19,20)(H,21,22);15,18-20H,5-14H2,1-4H3. The predicted molar refractivity (Wildman–Crippen MR) is 359 cm³/mol. The number of carboxylic acid groups (broad SMARTS) is 4. The van der Waals surface area contributed by atoms with Crippen molar-refractivity contribution < 1.29 is 80.5 Å². The van der Waals surface area contributed by atoms with E-state index in [0.717, 1.165) is 193 Å². The molecule has 0 aliphatic heterocycles. The lowest BCUT2D eigenvalue weighted by molar-refractivity contribution is -0.148. The second kappa shape index (κ2) is 49.2. The predicted octanol–water partition coefficient (Wildman–Crippen LogP) is 15.9. The van der Waals surface area contributed by atoms with Crippen LogP contribution in [0.1, 0.15) is 342 Å². The second-order valence-corrected chi connectivity index (χ2v) is 32.0. The van der Waals surface area contributed by atoms with Crippen LogP contribution in [-0.2, 0) is 19.2 Å². The molecule has 0 unspecified atom stereocenters. The smallest absolute Gasteiger partial charge is 0.309 e. The zero-order valence-corrected chi connectivity index (χ0v) is 59.6. The molecule has 0 aromatic rings. The number of unbranched alkanes of at least 4 members (excludes halogenated alkanes) is 12. The first kappa shape index (κ1) is 92.0. The Balaban J connectivity index is -0.000000536. The van der Waals surface area contributed by atoms with Crippen molar-refractivity contribution in [2.24, 2.45) is 43.3 Å². The lowest BCUT2D eigenvalue weighted by Gasteiger charge is -2.22. The average Bonchev–Trinajstić information content (AvgIpc) is 3.63. The molecule has 0 heterocycles. The molecule has 0 rings (SSSR count). The van der Waals surface area contributed by atoms with E-state index in [4.69, 9.17) is 30.6 Å². The molecule has 0 bridgehead atoms. The van der Waals surface area contributed by atoms with E-state index in [1.165, 1.54) is 0 Å². The van der Waals surface area contributed by atoms with Crippen LogP contribution in [0.2, 0.25) is 0 Å². The van der Waals surface area contributed by atoms with Gasteiger partial charge in [0, 0.05) is 26.4 Å². The van der Waals surface area contributed by atoms with Crippen molar-refractivity contribution in [3.63, 3.8) is 0 Å². The van der Waals surface area contributed by atoms with Crippen molar-refractivity contribution in [2.45, 2.75) is 366 Å². The first-order valence-corrected chi connectivity index (χ1v) is 34.5. The first-order valence-electron chi connectivity index (χ1n) is 34.5. The van der Waals surface area contributed by atoms with E-state index in [2.05, 4.69) is 55.4 Å². The van der Waals surface area contributed by atoms with Crippen LogP contribution in [-0.4, -0.2) is 136 Å². The molecule has 0 aromatic heterocycles. The number of carboxylic acids is 4. The van der Waals surface area contributed by atoms with E-state index < -0.39 is 45.5 Å². The fourth-order valence-corrected chi connectivity index (χ4v) is 9.75. The van der Waals surface area contributed by atoms with Crippen LogP contribution < -0.4 is 0 Å². The minimum Gasteiger partial charge on any atom is -0.481 e. The minimum atomic E-state index is -0.783. The van der Waals surface area contributed by atoms with Crippen molar-refractivity contribution in [2.75, 3.05) is 26.4 Å². The maximum atomic E-state index is 11.0. The highest BCUT2D eigenvalue weighted by Gasteiger charge is 2.29. The van der Waals surface area contributed by atoms with Crippen molar-refractivity contribution in [3.8, 4) is 0 Å². The molecular weight excluding hydrogens is 1120 g/mol. The van der Waals surface area contributed by atoms with E-state index in [1.54, 1.807) is 55.4 Å². The van der Waals surface area contributed by atoms with Gasteiger partial charge in [-0.1, -0.05) is 184 Å². The number of aliphatic hydroxyl groups is 8. The lowest BCUT2D eigenvalue weighted by atomic mass is 9.86. The van der Waals surface area contributed by atoms with Gasteiger partial charge in [0.2, 0.25) is 0 Å². The van der Waals surface area contributed by atoms with Gasteiger partial charge in [0.15, 0.2) is 0 Å². The number of hydrogen-bond acceptors (Lipinski definition) is 12. The molecule has 0 saturated carbocycles. The Labute approximate surface area is 538 Å². The number of aliphatic carboxylic acids is 4. The molecule has 88 heavy (non-hydrogen) atoms. The summed E-state index contributed by atoms with van der Waals surface area (Å²) in [5.41, 5.74) is -2.62. The Morgan fingerprint density at radius 3 is 0.500 bits per heavy atom. The molecule has 0 aliphatic carbocycles. The molecule has 12 N–H and O–H groups in total. The summed E-state index contributed by atoms with van der Waals surface area (Å²) in [6.45, 7) is 31.5. The van der Waals surface area contributed by atoms with Crippen LogP contribution in [0.4, 0.5) is 0 Å². The van der Waals surface area contributed by atoms with Gasteiger partial charge >= 0.3 is 23.9 Å². The van der Waals surface area contributed by atoms with Crippen molar-refractivity contribution in [1.29, 1.82) is 0 Å². The zero-order valence-electron chi connectivity index (χ0n) is 59.6. The molecule has 16 heteroatoms. The number of aliphatic hydroxyl groups excluding tert-OH is 8. The van der Waals surface area contributed by atoms with Gasteiger partial charge < -0.3 is 61.3 Å². The second-order valence-electron chi connectivity index (χ2n) is 32.0. The maximum Gasteiger partial charge on any atom is 0.309 e. The molecule has 0 fully saturated rings. The summed E-state index contributed by atoms with van der Waals surface area (Å²) in [5, 5.41) is 113. The van der Waals surface area contributed by atoms with Crippen LogP contribution in [0.25, 0.3) is 0 Å². The van der Waals surface area contributed by atoms with Gasteiger partial charge in [0.1, 0.15) is 0 Å². The van der Waals surface area contributed by atoms with Gasteiger partial charge in [-0.15, -0.1) is 0 Å². The van der Waals surface area contributed by atoms with Crippen LogP contribution in [0, 0.1) is 43.3 Å². The molecule has 0 atom stereocenters. The average molecular weight is 1270 g/mol. The number of carbonyl (C=O) groups is 4. The molecule has 16 nitrogen and oxygen atoms in total. The summed E-state index contributed by atoms with van der Waals surface area (Å²) in [6.07, 6.45) is 31.7.